The number of rotatable bonds is 6. The first-order chi connectivity index (χ1) is 14.7. The molecule has 0 radical (unpaired) electrons. The summed E-state index contributed by atoms with van der Waals surface area (Å²) in [6.45, 7) is -0.414. The lowest BCUT2D eigenvalue weighted by Crippen LogP contribution is -2.28. The van der Waals surface area contributed by atoms with Gasteiger partial charge in [0.2, 0.25) is 5.88 Å². The van der Waals surface area contributed by atoms with E-state index >= 15 is 0 Å². The van der Waals surface area contributed by atoms with Crippen LogP contribution in [0.5, 0.6) is 0 Å². The van der Waals surface area contributed by atoms with E-state index in [-0.39, 0.29) is 23.3 Å². The van der Waals surface area contributed by atoms with Gasteiger partial charge in [-0.2, -0.15) is 5.26 Å². The summed E-state index contributed by atoms with van der Waals surface area (Å²) in [4.78, 5) is 24.2. The van der Waals surface area contributed by atoms with Crippen LogP contribution in [0.3, 0.4) is 0 Å². The van der Waals surface area contributed by atoms with E-state index < -0.39 is 12.5 Å². The average Bonchev–Trinajstić information content (AvgIpc) is 3.10. The van der Waals surface area contributed by atoms with Crippen molar-refractivity contribution < 1.29 is 18.7 Å². The van der Waals surface area contributed by atoms with Crippen LogP contribution in [0.4, 0.5) is 5.88 Å². The fourth-order valence-corrected chi connectivity index (χ4v) is 3.36. The average molecular weight is 400 g/mol. The lowest BCUT2D eigenvalue weighted by atomic mass is 9.86. The Morgan fingerprint density at radius 1 is 1.03 bits per heavy atom. The fourth-order valence-electron chi connectivity index (χ4n) is 3.36. The Balaban J connectivity index is 1.63. The molecule has 1 heterocycles. The molecule has 1 aromatic heterocycles. The van der Waals surface area contributed by atoms with Crippen molar-refractivity contribution in [3.63, 3.8) is 0 Å². The van der Waals surface area contributed by atoms with Gasteiger partial charge in [0.25, 0.3) is 5.91 Å². The molecular formula is C24H20N2O4. The van der Waals surface area contributed by atoms with Crippen LogP contribution in [0.1, 0.15) is 24.8 Å². The molecule has 1 N–H and O–H groups in total. The molecule has 2 aromatic carbocycles. The first kappa shape index (κ1) is 19.5. The van der Waals surface area contributed by atoms with Gasteiger partial charge in [0, 0.05) is 11.1 Å². The predicted molar refractivity (Wildman–Crippen MR) is 111 cm³/mol. The maximum Gasteiger partial charge on any atom is 0.309 e. The quantitative estimate of drug-likeness (QED) is 0.602. The van der Waals surface area contributed by atoms with Gasteiger partial charge in [0.05, 0.1) is 5.92 Å². The van der Waals surface area contributed by atoms with Crippen LogP contribution >= 0.6 is 0 Å². The number of carbonyl (C=O) groups excluding carboxylic acids is 2. The van der Waals surface area contributed by atoms with Crippen molar-refractivity contribution in [3.05, 3.63) is 66.2 Å². The molecule has 1 amide bonds. The Bertz CT molecular complexity index is 1090. The number of hydrogen-bond donors (Lipinski definition) is 1. The number of carbonyl (C=O) groups is 2. The van der Waals surface area contributed by atoms with Crippen LogP contribution in [-0.4, -0.2) is 18.5 Å². The molecule has 3 aromatic rings. The van der Waals surface area contributed by atoms with E-state index in [1.54, 1.807) is 0 Å². The summed E-state index contributed by atoms with van der Waals surface area (Å²) < 4.78 is 11.0. The minimum Gasteiger partial charge on any atom is -0.455 e. The first-order valence-electron chi connectivity index (χ1n) is 9.81. The zero-order chi connectivity index (χ0) is 20.9. The van der Waals surface area contributed by atoms with Crippen molar-refractivity contribution in [3.8, 4) is 28.5 Å². The summed E-state index contributed by atoms with van der Waals surface area (Å²) in [6.07, 6.45) is 2.62. The van der Waals surface area contributed by atoms with E-state index in [2.05, 4.69) is 11.4 Å². The number of amides is 1. The number of nitrogens with zero attached hydrogens (tertiary/aromatic N) is 1. The third kappa shape index (κ3) is 3.96. The molecular weight excluding hydrogens is 380 g/mol. The van der Waals surface area contributed by atoms with Gasteiger partial charge in [0.15, 0.2) is 6.61 Å². The van der Waals surface area contributed by atoms with Crippen molar-refractivity contribution in [1.82, 2.24) is 0 Å². The number of nitriles is 1. The van der Waals surface area contributed by atoms with Crippen LogP contribution in [0.15, 0.2) is 65.1 Å². The summed E-state index contributed by atoms with van der Waals surface area (Å²) in [6, 6.07) is 20.9. The maximum atomic E-state index is 12.3. The first-order valence-corrected chi connectivity index (χ1v) is 9.81. The highest BCUT2D eigenvalue weighted by molar-refractivity contribution is 5.96. The molecule has 150 valence electrons. The van der Waals surface area contributed by atoms with E-state index in [1.807, 2.05) is 60.7 Å². The normalized spacial score (nSPS) is 13.2. The van der Waals surface area contributed by atoms with Crippen molar-refractivity contribution >= 4 is 17.8 Å². The highest BCUT2D eigenvalue weighted by Gasteiger charge is 2.28. The fraction of sp³-hybridized carbons (Fsp3) is 0.208. The second-order valence-corrected chi connectivity index (χ2v) is 7.14. The number of hydrogen-bond acceptors (Lipinski definition) is 5. The van der Waals surface area contributed by atoms with Gasteiger partial charge < -0.3 is 9.15 Å². The van der Waals surface area contributed by atoms with Crippen molar-refractivity contribution in [2.45, 2.75) is 19.3 Å². The molecule has 1 saturated carbocycles. The Hall–Kier alpha value is -3.85. The molecule has 0 bridgehead atoms. The van der Waals surface area contributed by atoms with E-state index in [0.29, 0.717) is 11.3 Å². The minimum atomic E-state index is -0.549. The molecule has 1 aliphatic carbocycles. The second-order valence-electron chi connectivity index (χ2n) is 7.14. The summed E-state index contributed by atoms with van der Waals surface area (Å²) >= 11 is 0. The second kappa shape index (κ2) is 8.66. The summed E-state index contributed by atoms with van der Waals surface area (Å²) in [5, 5.41) is 12.4. The molecule has 0 spiro atoms. The Labute approximate surface area is 174 Å². The van der Waals surface area contributed by atoms with E-state index in [1.165, 1.54) is 0 Å². The molecule has 6 nitrogen and oxygen atoms in total. The van der Waals surface area contributed by atoms with Crippen LogP contribution in [-0.2, 0) is 14.3 Å². The third-order valence-electron chi connectivity index (χ3n) is 5.16. The lowest BCUT2D eigenvalue weighted by molar-refractivity contribution is -0.154. The molecule has 0 atom stereocenters. The van der Waals surface area contributed by atoms with E-state index in [4.69, 9.17) is 9.15 Å². The van der Waals surface area contributed by atoms with Gasteiger partial charge >= 0.3 is 5.97 Å². The monoisotopic (exact) mass is 400 g/mol. The highest BCUT2D eigenvalue weighted by atomic mass is 16.5. The summed E-state index contributed by atoms with van der Waals surface area (Å²) in [7, 11) is 0. The summed E-state index contributed by atoms with van der Waals surface area (Å²) in [5.41, 5.74) is 2.41. The standard InChI is InChI=1S/C24H20N2O4/c25-14-19-21(16-8-3-1-4-9-16)22(17-10-5-2-6-11-17)30-23(19)26-20(27)15-29-24(28)18-12-7-13-18/h1-6,8-11,18H,7,12-13,15H2,(H,26,27). The van der Waals surface area contributed by atoms with Gasteiger partial charge in [-0.15, -0.1) is 0 Å². The van der Waals surface area contributed by atoms with Crippen molar-refractivity contribution in [2.24, 2.45) is 5.92 Å². The molecule has 6 heteroatoms. The SMILES string of the molecule is N#Cc1c(NC(=O)COC(=O)C2CCC2)oc(-c2ccccc2)c1-c1ccccc1. The van der Waals surface area contributed by atoms with Crippen LogP contribution in [0, 0.1) is 17.2 Å². The van der Waals surface area contributed by atoms with Crippen LogP contribution in [0.2, 0.25) is 0 Å². The van der Waals surface area contributed by atoms with Gasteiger partial charge in [0.1, 0.15) is 17.4 Å². The summed E-state index contributed by atoms with van der Waals surface area (Å²) in [5.74, 6) is -0.482. The maximum absolute atomic E-state index is 12.3. The van der Waals surface area contributed by atoms with Crippen LogP contribution in [0.25, 0.3) is 22.5 Å². The van der Waals surface area contributed by atoms with Crippen molar-refractivity contribution in [1.29, 1.82) is 5.26 Å². The Kier molecular flexibility index (Phi) is 5.62. The van der Waals surface area contributed by atoms with Gasteiger partial charge in [-0.05, 0) is 18.4 Å². The zero-order valence-corrected chi connectivity index (χ0v) is 16.3. The highest BCUT2D eigenvalue weighted by Crippen LogP contribution is 2.41. The molecule has 0 saturated heterocycles. The largest absolute Gasteiger partial charge is 0.455 e. The minimum absolute atomic E-state index is 0.0416. The number of furan rings is 1. The van der Waals surface area contributed by atoms with Crippen LogP contribution < -0.4 is 5.32 Å². The Morgan fingerprint density at radius 2 is 1.67 bits per heavy atom. The number of benzene rings is 2. The van der Waals surface area contributed by atoms with Gasteiger partial charge in [-0.1, -0.05) is 67.1 Å². The topological polar surface area (TPSA) is 92.3 Å². The number of anilines is 1. The molecule has 1 fully saturated rings. The number of nitrogens with one attached hydrogen (secondary N) is 1. The number of ether oxygens (including phenoxy) is 1. The van der Waals surface area contributed by atoms with Gasteiger partial charge in [-0.25, -0.2) is 0 Å². The Morgan fingerprint density at radius 3 is 2.23 bits per heavy atom. The van der Waals surface area contributed by atoms with Crippen molar-refractivity contribution in [2.75, 3.05) is 11.9 Å². The molecule has 0 aliphatic heterocycles. The molecule has 0 unspecified atom stereocenters. The zero-order valence-electron chi connectivity index (χ0n) is 16.3. The van der Waals surface area contributed by atoms with E-state index in [9.17, 15) is 14.9 Å². The predicted octanol–water partition coefficient (Wildman–Crippen LogP) is 4.77. The van der Waals surface area contributed by atoms with E-state index in [0.717, 1.165) is 30.4 Å². The molecule has 1 aliphatic rings. The number of esters is 1. The van der Waals surface area contributed by atoms with Gasteiger partial charge in [-0.3, -0.25) is 14.9 Å². The smallest absolute Gasteiger partial charge is 0.309 e. The third-order valence-corrected chi connectivity index (χ3v) is 5.16. The molecule has 30 heavy (non-hydrogen) atoms. The lowest BCUT2D eigenvalue weighted by Gasteiger charge is -2.22. The molecule has 4 rings (SSSR count).